The summed E-state index contributed by atoms with van der Waals surface area (Å²) in [6, 6.07) is 17.6. The van der Waals surface area contributed by atoms with E-state index < -0.39 is 12.1 Å². The summed E-state index contributed by atoms with van der Waals surface area (Å²) in [5.74, 6) is 0. The number of nitrogens with one attached hydrogen (secondary N) is 3. The molecule has 0 fully saturated rings. The van der Waals surface area contributed by atoms with Crippen LogP contribution in [0.15, 0.2) is 60.7 Å². The highest BCUT2D eigenvalue weighted by Gasteiger charge is 2.10. The van der Waals surface area contributed by atoms with Crippen molar-refractivity contribution in [2.75, 3.05) is 5.32 Å². The normalized spacial score (nSPS) is 10.3. The van der Waals surface area contributed by atoms with Crippen LogP contribution in [0.2, 0.25) is 0 Å². The Bertz CT molecular complexity index is 910. The van der Waals surface area contributed by atoms with Crippen LogP contribution in [0, 0.1) is 6.92 Å². The number of pyridine rings is 1. The number of hydrogen-bond acceptors (Lipinski definition) is 3. The van der Waals surface area contributed by atoms with Crippen LogP contribution in [0.25, 0.3) is 10.9 Å². The van der Waals surface area contributed by atoms with E-state index in [2.05, 4.69) is 20.9 Å². The molecule has 126 valence electrons. The molecule has 0 saturated heterocycles. The van der Waals surface area contributed by atoms with Crippen LogP contribution in [0.3, 0.4) is 0 Å². The fourth-order valence-corrected chi connectivity index (χ4v) is 2.49. The molecular formula is C19H18N4O2. The molecule has 25 heavy (non-hydrogen) atoms. The molecule has 0 bridgehead atoms. The van der Waals surface area contributed by atoms with Crippen molar-refractivity contribution >= 4 is 28.7 Å². The predicted molar refractivity (Wildman–Crippen MR) is 97.3 cm³/mol. The lowest BCUT2D eigenvalue weighted by atomic mass is 10.1. The number of hydrogen-bond donors (Lipinski definition) is 3. The molecule has 0 saturated carbocycles. The van der Waals surface area contributed by atoms with E-state index in [1.165, 1.54) is 0 Å². The third kappa shape index (κ3) is 4.32. The lowest BCUT2D eigenvalue weighted by molar-refractivity contribution is 0.232. The van der Waals surface area contributed by atoms with Crippen molar-refractivity contribution < 1.29 is 9.59 Å². The molecule has 0 spiro atoms. The van der Waals surface area contributed by atoms with Gasteiger partial charge in [0.1, 0.15) is 0 Å². The molecule has 0 unspecified atom stereocenters. The van der Waals surface area contributed by atoms with Gasteiger partial charge < -0.3 is 10.6 Å². The highest BCUT2D eigenvalue weighted by atomic mass is 16.2. The van der Waals surface area contributed by atoms with Crippen molar-refractivity contribution in [2.45, 2.75) is 13.5 Å². The summed E-state index contributed by atoms with van der Waals surface area (Å²) in [7, 11) is 0. The number of aryl methyl sites for hydroxylation is 1. The number of carbonyl (C=O) groups is 2. The van der Waals surface area contributed by atoms with Crippen molar-refractivity contribution in [1.29, 1.82) is 0 Å². The van der Waals surface area contributed by atoms with Gasteiger partial charge in [-0.2, -0.15) is 0 Å². The van der Waals surface area contributed by atoms with Crippen LogP contribution >= 0.6 is 0 Å². The first kappa shape index (κ1) is 16.4. The number of amides is 4. The van der Waals surface area contributed by atoms with Gasteiger partial charge in [-0.25, -0.2) is 9.59 Å². The molecule has 0 aliphatic heterocycles. The monoisotopic (exact) mass is 334 g/mol. The van der Waals surface area contributed by atoms with Crippen molar-refractivity contribution in [3.8, 4) is 0 Å². The van der Waals surface area contributed by atoms with E-state index in [1.54, 1.807) is 6.07 Å². The van der Waals surface area contributed by atoms with Gasteiger partial charge in [-0.1, -0.05) is 48.5 Å². The van der Waals surface area contributed by atoms with Crippen LogP contribution in [0.4, 0.5) is 15.3 Å². The van der Waals surface area contributed by atoms with Crippen molar-refractivity contribution in [1.82, 2.24) is 15.6 Å². The zero-order valence-corrected chi connectivity index (χ0v) is 13.7. The number of nitrogens with zero attached hydrogens (tertiary/aromatic N) is 1. The zero-order valence-electron chi connectivity index (χ0n) is 13.7. The second-order valence-corrected chi connectivity index (χ2v) is 5.58. The summed E-state index contributed by atoms with van der Waals surface area (Å²) in [6.07, 6.45) is 0. The summed E-state index contributed by atoms with van der Waals surface area (Å²) in [5.41, 5.74) is 3.12. The summed E-state index contributed by atoms with van der Waals surface area (Å²) >= 11 is 0. The lowest BCUT2D eigenvalue weighted by Crippen LogP contribution is -2.41. The number of aromatic nitrogens is 1. The van der Waals surface area contributed by atoms with Crippen molar-refractivity contribution in [3.05, 3.63) is 71.9 Å². The maximum absolute atomic E-state index is 12.1. The minimum Gasteiger partial charge on any atom is -0.334 e. The van der Waals surface area contributed by atoms with E-state index in [0.717, 1.165) is 22.2 Å². The first-order chi connectivity index (χ1) is 12.1. The molecule has 2 aromatic carbocycles. The van der Waals surface area contributed by atoms with Crippen LogP contribution < -0.4 is 16.0 Å². The van der Waals surface area contributed by atoms with Gasteiger partial charge in [0.2, 0.25) is 0 Å². The van der Waals surface area contributed by atoms with Crippen molar-refractivity contribution in [2.24, 2.45) is 0 Å². The quantitative estimate of drug-likeness (QED) is 0.684. The Morgan fingerprint density at radius 1 is 0.960 bits per heavy atom. The van der Waals surface area contributed by atoms with Crippen LogP contribution in [0.5, 0.6) is 0 Å². The summed E-state index contributed by atoms with van der Waals surface area (Å²) in [4.78, 5) is 28.4. The Kier molecular flexibility index (Phi) is 4.89. The summed E-state index contributed by atoms with van der Waals surface area (Å²) < 4.78 is 0. The standard InChI is InChI=1S/C19H18N4O2/c1-13-11-17(15-9-5-6-10-16(15)21-13)22-19(25)23-18(24)20-12-14-7-3-2-4-8-14/h2-11H,12H2,1H3,(H3,20,21,22,23,24,25). The van der Waals surface area contributed by atoms with Gasteiger partial charge in [0.15, 0.2) is 0 Å². The van der Waals surface area contributed by atoms with Crippen LogP contribution in [0.1, 0.15) is 11.3 Å². The Morgan fingerprint density at radius 2 is 1.68 bits per heavy atom. The molecule has 0 aliphatic rings. The summed E-state index contributed by atoms with van der Waals surface area (Å²) in [5, 5.41) is 8.42. The van der Waals surface area contributed by atoms with E-state index >= 15 is 0 Å². The molecular weight excluding hydrogens is 316 g/mol. The molecule has 6 nitrogen and oxygen atoms in total. The molecule has 1 heterocycles. The topological polar surface area (TPSA) is 83.1 Å². The number of para-hydroxylation sites is 1. The molecule has 1 aromatic heterocycles. The number of rotatable bonds is 3. The van der Waals surface area contributed by atoms with E-state index in [1.807, 2.05) is 61.5 Å². The maximum Gasteiger partial charge on any atom is 0.327 e. The maximum atomic E-state index is 12.1. The van der Waals surface area contributed by atoms with E-state index in [-0.39, 0.29) is 0 Å². The Morgan fingerprint density at radius 3 is 2.48 bits per heavy atom. The number of anilines is 1. The Balaban J connectivity index is 1.62. The second-order valence-electron chi connectivity index (χ2n) is 5.58. The third-order valence-electron chi connectivity index (χ3n) is 3.62. The molecule has 0 atom stereocenters. The SMILES string of the molecule is Cc1cc(NC(=O)NC(=O)NCc2ccccc2)c2ccccc2n1. The van der Waals surface area contributed by atoms with E-state index in [4.69, 9.17) is 0 Å². The van der Waals surface area contributed by atoms with Gasteiger partial charge in [-0.3, -0.25) is 10.3 Å². The number of imide groups is 1. The molecule has 6 heteroatoms. The van der Waals surface area contributed by atoms with Crippen LogP contribution in [-0.2, 0) is 6.54 Å². The third-order valence-corrected chi connectivity index (χ3v) is 3.62. The van der Waals surface area contributed by atoms with E-state index in [9.17, 15) is 9.59 Å². The number of carbonyl (C=O) groups excluding carboxylic acids is 2. The van der Waals surface area contributed by atoms with Gasteiger partial charge in [0, 0.05) is 17.6 Å². The average Bonchev–Trinajstić information content (AvgIpc) is 2.60. The fraction of sp³-hybridized carbons (Fsp3) is 0.105. The van der Waals surface area contributed by atoms with Gasteiger partial charge in [-0.15, -0.1) is 0 Å². The fourth-order valence-electron chi connectivity index (χ4n) is 2.49. The lowest BCUT2D eigenvalue weighted by Gasteiger charge is -2.11. The van der Waals surface area contributed by atoms with Gasteiger partial charge in [0.05, 0.1) is 11.2 Å². The minimum atomic E-state index is -0.596. The predicted octanol–water partition coefficient (Wildman–Crippen LogP) is 3.57. The summed E-state index contributed by atoms with van der Waals surface area (Å²) in [6.45, 7) is 2.19. The van der Waals surface area contributed by atoms with Gasteiger partial charge in [-0.05, 0) is 24.6 Å². The Hall–Kier alpha value is -3.41. The zero-order chi connectivity index (χ0) is 17.6. The first-order valence-electron chi connectivity index (χ1n) is 7.88. The first-order valence-corrected chi connectivity index (χ1v) is 7.88. The van der Waals surface area contributed by atoms with Crippen molar-refractivity contribution in [3.63, 3.8) is 0 Å². The number of fused-ring (bicyclic) bond motifs is 1. The van der Waals surface area contributed by atoms with E-state index in [0.29, 0.717) is 12.2 Å². The van der Waals surface area contributed by atoms with Crippen LogP contribution in [-0.4, -0.2) is 17.0 Å². The highest BCUT2D eigenvalue weighted by molar-refractivity contribution is 6.05. The van der Waals surface area contributed by atoms with Gasteiger partial charge in [0.25, 0.3) is 0 Å². The number of urea groups is 2. The Labute approximate surface area is 145 Å². The largest absolute Gasteiger partial charge is 0.334 e. The molecule has 3 rings (SSSR count). The number of benzene rings is 2. The molecule has 0 radical (unpaired) electrons. The highest BCUT2D eigenvalue weighted by Crippen LogP contribution is 2.22. The smallest absolute Gasteiger partial charge is 0.327 e. The molecule has 3 N–H and O–H groups in total. The molecule has 3 aromatic rings. The second kappa shape index (κ2) is 7.44. The average molecular weight is 334 g/mol. The molecule has 0 aliphatic carbocycles. The minimum absolute atomic E-state index is 0.344. The van der Waals surface area contributed by atoms with Gasteiger partial charge >= 0.3 is 12.1 Å². The molecule has 4 amide bonds.